The monoisotopic (exact) mass is 444 g/mol. The van der Waals surface area contributed by atoms with Crippen molar-refractivity contribution in [3.05, 3.63) is 46.7 Å². The average Bonchev–Trinajstić information content (AvgIpc) is 3.27. The summed E-state index contributed by atoms with van der Waals surface area (Å²) in [5.41, 5.74) is 1.91. The molecular formula is C22H29ClN6O2. The van der Waals surface area contributed by atoms with Gasteiger partial charge in [0.2, 0.25) is 5.96 Å². The van der Waals surface area contributed by atoms with Gasteiger partial charge in [-0.3, -0.25) is 9.69 Å². The molecule has 166 valence electrons. The van der Waals surface area contributed by atoms with Crippen molar-refractivity contribution in [2.45, 2.75) is 39.5 Å². The van der Waals surface area contributed by atoms with Crippen LogP contribution in [0.3, 0.4) is 0 Å². The van der Waals surface area contributed by atoms with Crippen LogP contribution in [0.15, 0.2) is 41.2 Å². The Balaban J connectivity index is 1.55. The summed E-state index contributed by atoms with van der Waals surface area (Å²) in [6, 6.07) is 6.32. The maximum absolute atomic E-state index is 13.4. The zero-order valence-electron chi connectivity index (χ0n) is 18.5. The van der Waals surface area contributed by atoms with Crippen molar-refractivity contribution >= 4 is 29.5 Å². The van der Waals surface area contributed by atoms with E-state index in [0.29, 0.717) is 5.02 Å². The molecule has 3 amide bonds. The number of imide groups is 1. The molecule has 31 heavy (non-hydrogen) atoms. The molecule has 1 aromatic carbocycles. The lowest BCUT2D eigenvalue weighted by molar-refractivity contribution is -0.137. The molecule has 1 fully saturated rings. The van der Waals surface area contributed by atoms with Crippen LogP contribution in [-0.2, 0) is 11.3 Å². The largest absolute Gasteiger partial charge is 0.328 e. The number of fused-ring (bicyclic) bond motifs is 3. The normalized spacial score (nSPS) is 22.9. The first-order valence-electron chi connectivity index (χ1n) is 10.7. The van der Waals surface area contributed by atoms with Crippen molar-refractivity contribution in [1.82, 2.24) is 24.5 Å². The second-order valence-electron chi connectivity index (χ2n) is 8.09. The van der Waals surface area contributed by atoms with Gasteiger partial charge in [-0.15, -0.1) is 0 Å². The highest BCUT2D eigenvalue weighted by molar-refractivity contribution is 6.30. The molecule has 4 rings (SSSR count). The minimum atomic E-state index is -0.543. The van der Waals surface area contributed by atoms with Crippen molar-refractivity contribution in [3.63, 3.8) is 0 Å². The second kappa shape index (κ2) is 8.51. The second-order valence-corrected chi connectivity index (χ2v) is 8.52. The number of benzene rings is 1. The molecule has 3 aliphatic heterocycles. The van der Waals surface area contributed by atoms with E-state index in [2.05, 4.69) is 23.6 Å². The molecule has 1 saturated heterocycles. The highest BCUT2D eigenvalue weighted by Gasteiger charge is 2.54. The Hall–Kier alpha value is -2.58. The van der Waals surface area contributed by atoms with Gasteiger partial charge in [0, 0.05) is 37.1 Å². The number of amides is 3. The zero-order chi connectivity index (χ0) is 22.3. The highest BCUT2D eigenvalue weighted by Crippen LogP contribution is 2.34. The van der Waals surface area contributed by atoms with Gasteiger partial charge in [-0.05, 0) is 37.7 Å². The van der Waals surface area contributed by atoms with Crippen molar-refractivity contribution in [1.29, 1.82) is 0 Å². The minimum absolute atomic E-state index is 0.208. The standard InChI is InChI=1S/C22H29ClN6O2/c1-5-26(6-2)11-12-27-15(3)13-28-18-19(24-21(27)28)25(4)22(31)29(20(18)30)14-16-7-9-17(23)10-8-16/h7-10,13,18-19H,5-6,11-12,14H2,1-4H3. The van der Waals surface area contributed by atoms with Crippen LogP contribution in [0.1, 0.15) is 26.3 Å². The Labute approximate surface area is 188 Å². The lowest BCUT2D eigenvalue weighted by Gasteiger charge is -2.40. The van der Waals surface area contributed by atoms with E-state index < -0.39 is 12.2 Å². The molecule has 0 saturated carbocycles. The highest BCUT2D eigenvalue weighted by atomic mass is 35.5. The predicted octanol–water partition coefficient (Wildman–Crippen LogP) is 2.62. The fraction of sp³-hybridized carbons (Fsp3) is 0.500. The molecule has 9 heteroatoms. The third-order valence-electron chi connectivity index (χ3n) is 6.29. The van der Waals surface area contributed by atoms with Crippen molar-refractivity contribution in [3.8, 4) is 0 Å². The lowest BCUT2D eigenvalue weighted by atomic mass is 10.1. The van der Waals surface area contributed by atoms with Gasteiger partial charge in [0.05, 0.1) is 6.54 Å². The smallest absolute Gasteiger partial charge is 0.313 e. The van der Waals surface area contributed by atoms with Crippen LogP contribution in [0.5, 0.6) is 0 Å². The molecule has 2 unspecified atom stereocenters. The summed E-state index contributed by atoms with van der Waals surface area (Å²) in [5, 5.41) is 0.619. The minimum Gasteiger partial charge on any atom is -0.313 e. The van der Waals surface area contributed by atoms with Crippen LogP contribution >= 0.6 is 11.6 Å². The number of allylic oxidation sites excluding steroid dienone is 1. The van der Waals surface area contributed by atoms with E-state index in [0.717, 1.165) is 43.4 Å². The number of rotatable bonds is 7. The van der Waals surface area contributed by atoms with Gasteiger partial charge in [0.25, 0.3) is 5.91 Å². The topological polar surface area (TPSA) is 62.7 Å². The number of hydrogen-bond donors (Lipinski definition) is 0. The van der Waals surface area contributed by atoms with Crippen LogP contribution in [0.25, 0.3) is 0 Å². The first-order chi connectivity index (χ1) is 14.8. The molecule has 3 aliphatic rings. The van der Waals surface area contributed by atoms with Crippen LogP contribution in [0.2, 0.25) is 5.02 Å². The Morgan fingerprint density at radius 2 is 1.77 bits per heavy atom. The van der Waals surface area contributed by atoms with E-state index in [1.54, 1.807) is 24.1 Å². The van der Waals surface area contributed by atoms with Gasteiger partial charge in [-0.1, -0.05) is 37.6 Å². The van der Waals surface area contributed by atoms with Gasteiger partial charge in [-0.2, -0.15) is 0 Å². The number of urea groups is 1. The number of guanidine groups is 1. The molecule has 0 spiro atoms. The predicted molar refractivity (Wildman–Crippen MR) is 120 cm³/mol. The zero-order valence-corrected chi connectivity index (χ0v) is 19.2. The van der Waals surface area contributed by atoms with E-state index in [-0.39, 0.29) is 18.5 Å². The summed E-state index contributed by atoms with van der Waals surface area (Å²) >= 11 is 5.97. The quantitative estimate of drug-likeness (QED) is 0.647. The Kier molecular flexibility index (Phi) is 5.94. The number of aliphatic imine (C=N–C) groups is 1. The molecule has 8 nitrogen and oxygen atoms in total. The van der Waals surface area contributed by atoms with E-state index in [9.17, 15) is 9.59 Å². The molecule has 0 bridgehead atoms. The number of nitrogens with zero attached hydrogens (tertiary/aromatic N) is 6. The van der Waals surface area contributed by atoms with Crippen LogP contribution in [-0.4, -0.2) is 87.8 Å². The van der Waals surface area contributed by atoms with Gasteiger partial charge in [0.15, 0.2) is 12.2 Å². The SMILES string of the molecule is CCN(CC)CCN1C(C)=CN2C1=NC1C2C(=O)N(Cc2ccc(Cl)cc2)C(=O)N1C. The van der Waals surface area contributed by atoms with E-state index >= 15 is 0 Å². The summed E-state index contributed by atoms with van der Waals surface area (Å²) in [6.07, 6.45) is 1.46. The summed E-state index contributed by atoms with van der Waals surface area (Å²) in [4.78, 5) is 40.5. The van der Waals surface area contributed by atoms with E-state index in [1.807, 2.05) is 30.2 Å². The molecular weight excluding hydrogens is 416 g/mol. The van der Waals surface area contributed by atoms with Crippen LogP contribution in [0, 0.1) is 0 Å². The number of halogens is 1. The maximum atomic E-state index is 13.4. The Morgan fingerprint density at radius 3 is 2.42 bits per heavy atom. The van der Waals surface area contributed by atoms with Gasteiger partial charge < -0.3 is 19.6 Å². The third kappa shape index (κ3) is 3.78. The number of hydrogen-bond acceptors (Lipinski definition) is 6. The molecule has 0 N–H and O–H groups in total. The van der Waals surface area contributed by atoms with E-state index in [1.165, 1.54) is 4.90 Å². The average molecular weight is 445 g/mol. The van der Waals surface area contributed by atoms with E-state index in [4.69, 9.17) is 16.6 Å². The summed E-state index contributed by atoms with van der Waals surface area (Å²) < 4.78 is 0. The summed E-state index contributed by atoms with van der Waals surface area (Å²) in [7, 11) is 1.71. The summed E-state index contributed by atoms with van der Waals surface area (Å²) in [5.74, 6) is 0.525. The molecule has 0 radical (unpaired) electrons. The van der Waals surface area contributed by atoms with Crippen molar-refractivity contribution in [2.24, 2.45) is 4.99 Å². The summed E-state index contributed by atoms with van der Waals surface area (Å²) in [6.45, 7) is 10.2. The van der Waals surface area contributed by atoms with Crippen molar-refractivity contribution < 1.29 is 9.59 Å². The molecule has 2 atom stereocenters. The molecule has 0 aromatic heterocycles. The lowest BCUT2D eigenvalue weighted by Crippen LogP contribution is -2.63. The fourth-order valence-corrected chi connectivity index (χ4v) is 4.50. The van der Waals surface area contributed by atoms with Crippen LogP contribution < -0.4 is 0 Å². The maximum Gasteiger partial charge on any atom is 0.328 e. The van der Waals surface area contributed by atoms with Crippen molar-refractivity contribution in [2.75, 3.05) is 33.2 Å². The first kappa shape index (κ1) is 21.6. The van der Waals surface area contributed by atoms with Gasteiger partial charge in [-0.25, -0.2) is 9.79 Å². The first-order valence-corrected chi connectivity index (χ1v) is 11.1. The Morgan fingerprint density at radius 1 is 1.10 bits per heavy atom. The van der Waals surface area contributed by atoms with Crippen LogP contribution in [0.4, 0.5) is 4.79 Å². The number of carbonyl (C=O) groups excluding carboxylic acids is 2. The molecule has 3 heterocycles. The number of likely N-dealkylation sites (N-methyl/N-ethyl adjacent to an activating group) is 2. The molecule has 1 aromatic rings. The molecule has 0 aliphatic carbocycles. The Bertz CT molecular complexity index is 926. The third-order valence-corrected chi connectivity index (χ3v) is 6.54. The fourth-order valence-electron chi connectivity index (χ4n) is 4.38. The van der Waals surface area contributed by atoms with Gasteiger partial charge in [0.1, 0.15) is 0 Å². The number of carbonyl (C=O) groups is 2. The van der Waals surface area contributed by atoms with Gasteiger partial charge >= 0.3 is 6.03 Å².